The van der Waals surface area contributed by atoms with Crippen LogP contribution in [0.3, 0.4) is 0 Å². The van der Waals surface area contributed by atoms with Gasteiger partial charge in [-0.1, -0.05) is 13.3 Å². The SMILES string of the molecule is CCC1=NC2(CCCCC2)N=C(N(C)C)C1. The molecule has 0 N–H and O–H groups in total. The minimum atomic E-state index is -0.0819. The lowest BCUT2D eigenvalue weighted by Crippen LogP contribution is -2.38. The Morgan fingerprint density at radius 2 is 1.81 bits per heavy atom. The van der Waals surface area contributed by atoms with Crippen LogP contribution in [0.1, 0.15) is 51.9 Å². The van der Waals surface area contributed by atoms with Crippen LogP contribution < -0.4 is 0 Å². The predicted octanol–water partition coefficient (Wildman–Crippen LogP) is 2.86. The Morgan fingerprint density at radius 1 is 1.12 bits per heavy atom. The first-order valence-electron chi connectivity index (χ1n) is 6.49. The summed E-state index contributed by atoms with van der Waals surface area (Å²) in [6.07, 6.45) is 8.22. The molecule has 1 saturated carbocycles. The van der Waals surface area contributed by atoms with Crippen LogP contribution in [0.15, 0.2) is 9.98 Å². The van der Waals surface area contributed by atoms with Gasteiger partial charge in [0, 0.05) is 26.2 Å². The van der Waals surface area contributed by atoms with Crippen molar-refractivity contribution in [3.8, 4) is 0 Å². The zero-order chi connectivity index (χ0) is 11.6. The quantitative estimate of drug-likeness (QED) is 0.669. The molecule has 2 aliphatic rings. The summed E-state index contributed by atoms with van der Waals surface area (Å²) in [6, 6.07) is 0. The van der Waals surface area contributed by atoms with Crippen LogP contribution in [0.25, 0.3) is 0 Å². The standard InChI is InChI=1S/C13H23N3/c1-4-11-10-12(16(2)3)15-13(14-11)8-6-5-7-9-13/h4-10H2,1-3H3. The first kappa shape index (κ1) is 11.6. The fraction of sp³-hybridized carbons (Fsp3) is 0.846. The summed E-state index contributed by atoms with van der Waals surface area (Å²) in [5.74, 6) is 1.22. The van der Waals surface area contributed by atoms with Crippen molar-refractivity contribution in [1.29, 1.82) is 0 Å². The molecule has 3 heteroatoms. The molecule has 1 spiro atoms. The van der Waals surface area contributed by atoms with Gasteiger partial charge in [0.2, 0.25) is 0 Å². The third kappa shape index (κ3) is 2.28. The van der Waals surface area contributed by atoms with Crippen LogP contribution >= 0.6 is 0 Å². The molecule has 3 nitrogen and oxygen atoms in total. The fourth-order valence-electron chi connectivity index (χ4n) is 2.62. The average molecular weight is 221 g/mol. The van der Waals surface area contributed by atoms with Crippen molar-refractivity contribution in [1.82, 2.24) is 4.90 Å². The number of hydrogen-bond donors (Lipinski definition) is 0. The molecule has 0 atom stereocenters. The lowest BCUT2D eigenvalue weighted by atomic mass is 9.88. The van der Waals surface area contributed by atoms with Crippen LogP contribution in [0, 0.1) is 0 Å². The maximum absolute atomic E-state index is 4.93. The van der Waals surface area contributed by atoms with Crippen molar-refractivity contribution in [3.05, 3.63) is 0 Å². The van der Waals surface area contributed by atoms with Gasteiger partial charge in [-0.3, -0.25) is 4.99 Å². The molecular formula is C13H23N3. The van der Waals surface area contributed by atoms with Gasteiger partial charge in [-0.15, -0.1) is 0 Å². The average Bonchev–Trinajstić information content (AvgIpc) is 2.29. The predicted molar refractivity (Wildman–Crippen MR) is 69.3 cm³/mol. The van der Waals surface area contributed by atoms with Crippen LogP contribution in [-0.4, -0.2) is 36.2 Å². The smallest absolute Gasteiger partial charge is 0.152 e. The molecule has 90 valence electrons. The summed E-state index contributed by atoms with van der Waals surface area (Å²) in [6.45, 7) is 2.20. The molecule has 2 rings (SSSR count). The molecule has 0 bridgehead atoms. The summed E-state index contributed by atoms with van der Waals surface area (Å²) in [4.78, 5) is 12.0. The summed E-state index contributed by atoms with van der Waals surface area (Å²) in [5, 5.41) is 0. The van der Waals surface area contributed by atoms with Gasteiger partial charge in [0.05, 0.1) is 0 Å². The van der Waals surface area contributed by atoms with E-state index in [9.17, 15) is 0 Å². The minimum Gasteiger partial charge on any atom is -0.366 e. The van der Waals surface area contributed by atoms with Crippen molar-refractivity contribution in [2.45, 2.75) is 57.5 Å². The Balaban J connectivity index is 2.26. The lowest BCUT2D eigenvalue weighted by molar-refractivity contribution is 0.303. The molecule has 0 saturated heterocycles. The van der Waals surface area contributed by atoms with E-state index in [0.29, 0.717) is 0 Å². The molecule has 0 amide bonds. The van der Waals surface area contributed by atoms with Crippen molar-refractivity contribution < 1.29 is 0 Å². The van der Waals surface area contributed by atoms with Gasteiger partial charge in [-0.05, 0) is 32.1 Å². The van der Waals surface area contributed by atoms with Crippen molar-refractivity contribution in [2.24, 2.45) is 9.98 Å². The lowest BCUT2D eigenvalue weighted by Gasteiger charge is -2.36. The van der Waals surface area contributed by atoms with Gasteiger partial charge < -0.3 is 4.90 Å². The van der Waals surface area contributed by atoms with Gasteiger partial charge in [-0.2, -0.15) is 0 Å². The first-order chi connectivity index (χ1) is 7.65. The van der Waals surface area contributed by atoms with E-state index in [0.717, 1.165) is 25.7 Å². The maximum atomic E-state index is 4.93. The third-order valence-corrected chi connectivity index (χ3v) is 3.64. The molecule has 1 aliphatic heterocycles. The van der Waals surface area contributed by atoms with Gasteiger partial charge in [0.25, 0.3) is 0 Å². The normalized spacial score (nSPS) is 23.9. The molecule has 0 aromatic rings. The number of hydrogen-bond acceptors (Lipinski definition) is 3. The summed E-state index contributed by atoms with van der Waals surface area (Å²) in [7, 11) is 4.18. The van der Waals surface area contributed by atoms with Crippen LogP contribution in [-0.2, 0) is 0 Å². The van der Waals surface area contributed by atoms with E-state index in [1.165, 1.54) is 30.8 Å². The Hall–Kier alpha value is -0.860. The van der Waals surface area contributed by atoms with E-state index in [2.05, 4.69) is 25.9 Å². The van der Waals surface area contributed by atoms with E-state index < -0.39 is 0 Å². The molecular weight excluding hydrogens is 198 g/mol. The fourth-order valence-corrected chi connectivity index (χ4v) is 2.62. The molecule has 1 heterocycles. The van der Waals surface area contributed by atoms with Crippen molar-refractivity contribution in [2.75, 3.05) is 14.1 Å². The van der Waals surface area contributed by atoms with Gasteiger partial charge >= 0.3 is 0 Å². The van der Waals surface area contributed by atoms with E-state index >= 15 is 0 Å². The molecule has 0 radical (unpaired) electrons. The van der Waals surface area contributed by atoms with E-state index in [4.69, 9.17) is 9.98 Å². The van der Waals surface area contributed by atoms with Crippen LogP contribution in [0.5, 0.6) is 0 Å². The monoisotopic (exact) mass is 221 g/mol. The highest BCUT2D eigenvalue weighted by Crippen LogP contribution is 2.36. The second-order valence-electron chi connectivity index (χ2n) is 5.17. The van der Waals surface area contributed by atoms with Crippen molar-refractivity contribution in [3.63, 3.8) is 0 Å². The number of amidine groups is 1. The number of nitrogens with zero attached hydrogens (tertiary/aromatic N) is 3. The molecule has 0 unspecified atom stereocenters. The summed E-state index contributed by atoms with van der Waals surface area (Å²) < 4.78 is 0. The second kappa shape index (κ2) is 4.56. The topological polar surface area (TPSA) is 28.0 Å². The van der Waals surface area contributed by atoms with E-state index in [1.54, 1.807) is 0 Å². The van der Waals surface area contributed by atoms with Gasteiger partial charge in [0.1, 0.15) is 5.84 Å². The van der Waals surface area contributed by atoms with Crippen LogP contribution in [0.4, 0.5) is 0 Å². The minimum absolute atomic E-state index is 0.0819. The highest BCUT2D eigenvalue weighted by atomic mass is 15.2. The second-order valence-corrected chi connectivity index (χ2v) is 5.17. The third-order valence-electron chi connectivity index (χ3n) is 3.64. The molecule has 0 aromatic heterocycles. The van der Waals surface area contributed by atoms with Crippen LogP contribution in [0.2, 0.25) is 0 Å². The molecule has 0 aromatic carbocycles. The van der Waals surface area contributed by atoms with Gasteiger partial charge in [-0.25, -0.2) is 4.99 Å². The molecule has 1 aliphatic carbocycles. The number of aliphatic imine (C=N–C) groups is 2. The summed E-state index contributed by atoms with van der Waals surface area (Å²) in [5.41, 5.74) is 1.25. The molecule has 1 fully saturated rings. The van der Waals surface area contributed by atoms with E-state index in [1.807, 2.05) is 0 Å². The highest BCUT2D eigenvalue weighted by Gasteiger charge is 2.34. The Labute approximate surface area is 98.7 Å². The first-order valence-corrected chi connectivity index (χ1v) is 6.49. The molecule has 16 heavy (non-hydrogen) atoms. The number of rotatable bonds is 1. The summed E-state index contributed by atoms with van der Waals surface area (Å²) >= 11 is 0. The Kier molecular flexibility index (Phi) is 3.31. The largest absolute Gasteiger partial charge is 0.366 e. The zero-order valence-electron chi connectivity index (χ0n) is 10.8. The van der Waals surface area contributed by atoms with Gasteiger partial charge in [0.15, 0.2) is 5.66 Å². The Bertz CT molecular complexity index is 309. The Morgan fingerprint density at radius 3 is 2.38 bits per heavy atom. The van der Waals surface area contributed by atoms with E-state index in [-0.39, 0.29) is 5.66 Å². The zero-order valence-corrected chi connectivity index (χ0v) is 10.8. The highest BCUT2D eigenvalue weighted by molar-refractivity contribution is 6.04. The maximum Gasteiger partial charge on any atom is 0.152 e. The van der Waals surface area contributed by atoms with Crippen molar-refractivity contribution >= 4 is 11.5 Å².